The Kier molecular flexibility index (Phi) is 31.1. The second kappa shape index (κ2) is 34.7. The summed E-state index contributed by atoms with van der Waals surface area (Å²) in [6.07, 6.45) is 2.18. The van der Waals surface area contributed by atoms with Gasteiger partial charge in [0.15, 0.2) is 11.6 Å². The summed E-state index contributed by atoms with van der Waals surface area (Å²) in [4.78, 5) is 69.1. The Hall–Kier alpha value is -6.50. The first-order chi connectivity index (χ1) is 37.7. The van der Waals surface area contributed by atoms with E-state index in [2.05, 4.69) is 48.0 Å². The molecule has 0 spiro atoms. The normalized spacial score (nSPS) is 11.0. The molecule has 6 aromatic rings. The van der Waals surface area contributed by atoms with Gasteiger partial charge in [-0.05, 0) is 159 Å². The highest BCUT2D eigenvalue weighted by Crippen LogP contribution is 2.33. The van der Waals surface area contributed by atoms with Gasteiger partial charge in [-0.15, -0.1) is 23.5 Å². The van der Waals surface area contributed by atoms with Gasteiger partial charge >= 0.3 is 24.4 Å². The second-order valence-electron chi connectivity index (χ2n) is 20.0. The number of aromatic nitrogens is 4. The van der Waals surface area contributed by atoms with Crippen LogP contribution in [0.25, 0.3) is 0 Å². The van der Waals surface area contributed by atoms with Gasteiger partial charge in [0, 0.05) is 51.9 Å². The lowest BCUT2D eigenvalue weighted by molar-refractivity contribution is 0.0405. The monoisotopic (exact) mass is 1260 g/mol. The molecule has 4 amide bonds. The summed E-state index contributed by atoms with van der Waals surface area (Å²) in [7, 11) is 1.10. The standard InChI is InChI=1S/C22H28N2O4S.C15H21ClN2O6S.C12H12N2S.C5H5BrN2.C2H6.CH4.H2O/c1-21(2,3)27-19(25)24(20(26)28-22(4,5)6)18-17(13-10-14-23-18)29-15-16-11-8-7-9-12-16;1-14(2,3)23-12(19)18(13(20)24-15(4,5)6)11-10(25(16,21)22)8-7-9-17-11;13-12-11(7-4-8-14-12)15-9-10-5-2-1-3-6-10;6-4-2-1-3-8-5(4)7;1-2;;/h7-14H,15H2,1-6H3;7-9H,1-6H3;1-8H,9H2,(H2,13,14);1-3H,(H2,7,8);1-2H3;1H4;1H2/i/hD. The van der Waals surface area contributed by atoms with Crippen molar-refractivity contribution in [2.75, 3.05) is 21.3 Å². The van der Waals surface area contributed by atoms with E-state index in [0.29, 0.717) is 27.2 Å². The van der Waals surface area contributed by atoms with Crippen LogP contribution in [-0.2, 0) is 39.5 Å². The number of imide groups is 2. The number of pyridine rings is 4. The lowest BCUT2D eigenvalue weighted by Gasteiger charge is -2.28. The van der Waals surface area contributed by atoms with Gasteiger partial charge < -0.3 is 35.9 Å². The van der Waals surface area contributed by atoms with E-state index in [9.17, 15) is 27.6 Å². The van der Waals surface area contributed by atoms with Crippen LogP contribution in [-0.4, -0.2) is 80.6 Å². The van der Waals surface area contributed by atoms with Crippen LogP contribution in [0.5, 0.6) is 0 Å². The Morgan fingerprint density at radius 3 is 1.20 bits per heavy atom. The van der Waals surface area contributed by atoms with E-state index < -0.39 is 66.5 Å². The Morgan fingerprint density at radius 1 is 0.531 bits per heavy atom. The van der Waals surface area contributed by atoms with Gasteiger partial charge in [0.1, 0.15) is 38.9 Å². The molecule has 0 unspecified atom stereocenters. The number of hydrogen-bond donors (Lipinski definition) is 2. The van der Waals surface area contributed by atoms with Crippen molar-refractivity contribution in [2.45, 2.75) is 153 Å². The summed E-state index contributed by atoms with van der Waals surface area (Å²) in [5, 5.41) is 0. The van der Waals surface area contributed by atoms with Gasteiger partial charge in [0.2, 0.25) is 1.43 Å². The number of ether oxygens (including phenoxy) is 4. The number of thioether (sulfide) groups is 2. The maximum Gasteiger partial charge on any atom is 0.425 e. The van der Waals surface area contributed by atoms with E-state index >= 15 is 0 Å². The zero-order chi connectivity index (χ0) is 61.8. The average Bonchev–Trinajstić information content (AvgIpc) is 3.37. The van der Waals surface area contributed by atoms with Crippen LogP contribution in [0.2, 0.25) is 0 Å². The zero-order valence-electron chi connectivity index (χ0n) is 48.5. The molecule has 24 heteroatoms. The number of nitrogens with zero attached hydrogens (tertiary/aromatic N) is 6. The molecule has 0 aliphatic carbocycles. The predicted octanol–water partition coefficient (Wildman–Crippen LogP) is 15.0. The van der Waals surface area contributed by atoms with E-state index in [0.717, 1.165) is 31.7 Å². The van der Waals surface area contributed by atoms with Crippen molar-refractivity contribution < 1.29 is 53.5 Å². The van der Waals surface area contributed by atoms with E-state index in [-0.39, 0.29) is 13.2 Å². The molecule has 0 saturated heterocycles. The molecule has 2 aromatic carbocycles. The Morgan fingerprint density at radius 2 is 0.852 bits per heavy atom. The van der Waals surface area contributed by atoms with Crippen molar-refractivity contribution in [1.82, 2.24) is 19.9 Å². The molecule has 81 heavy (non-hydrogen) atoms. The molecule has 0 aliphatic rings. The highest BCUT2D eigenvalue weighted by molar-refractivity contribution is 9.10. The first kappa shape index (κ1) is 72.5. The summed E-state index contributed by atoms with van der Waals surface area (Å²) >= 11 is 6.40. The van der Waals surface area contributed by atoms with Gasteiger partial charge in [0.25, 0.3) is 9.05 Å². The molecule has 6 N–H and O–H groups in total. The Bertz CT molecular complexity index is 2930. The fourth-order valence-corrected chi connectivity index (χ4v) is 8.59. The molecule has 6 rings (SSSR count). The number of rotatable bonds is 9. The van der Waals surface area contributed by atoms with Crippen molar-refractivity contribution >= 4 is 107 Å². The summed E-state index contributed by atoms with van der Waals surface area (Å²) in [6.45, 7) is 24.0. The molecule has 0 bridgehead atoms. The molecule has 444 valence electrons. The molecule has 4 heterocycles. The third-order valence-corrected chi connectivity index (χ3v) is 12.8. The molecule has 0 fully saturated rings. The van der Waals surface area contributed by atoms with Gasteiger partial charge in [-0.3, -0.25) is 0 Å². The fourth-order valence-electron chi connectivity index (χ4n) is 5.52. The Balaban J connectivity index is 0.00000112. The highest BCUT2D eigenvalue weighted by atomic mass is 79.9. The average molecular weight is 1260 g/mol. The third kappa shape index (κ3) is 29.2. The lowest BCUT2D eigenvalue weighted by Crippen LogP contribution is -2.44. The van der Waals surface area contributed by atoms with Crippen LogP contribution in [0.15, 0.2) is 153 Å². The van der Waals surface area contributed by atoms with Crippen molar-refractivity contribution in [3.63, 3.8) is 0 Å². The van der Waals surface area contributed by atoms with E-state index in [1.54, 1.807) is 113 Å². The molecule has 0 radical (unpaired) electrons. The molecule has 4 aromatic heterocycles. The molecule has 19 nitrogen and oxygen atoms in total. The van der Waals surface area contributed by atoms with Crippen LogP contribution >= 0.6 is 50.1 Å². The second-order valence-corrected chi connectivity index (χ2v) is 25.4. The molecular weight excluding hydrogens is 1180 g/mol. The topological polar surface area (TPSA) is 281 Å². The van der Waals surface area contributed by atoms with Crippen molar-refractivity contribution in [3.8, 4) is 0 Å². The molecule has 0 aliphatic heterocycles. The number of nitrogen functional groups attached to an aromatic ring is 2. The van der Waals surface area contributed by atoms with E-state index in [1.807, 2.05) is 92.7 Å². The lowest BCUT2D eigenvalue weighted by atomic mass is 10.2. The molecule has 0 atom stereocenters. The van der Waals surface area contributed by atoms with Crippen LogP contribution in [0.3, 0.4) is 0 Å². The zero-order valence-corrected chi connectivity index (χ0v) is 52.3. The number of carbonyl (C=O) groups is 4. The highest BCUT2D eigenvalue weighted by Gasteiger charge is 2.38. The quantitative estimate of drug-likeness (QED) is 0.0773. The molecular formula is C57H78BrClN8O11S3. The number of amides is 4. The molecule has 0 saturated carbocycles. The maximum absolute atomic E-state index is 12.9. The number of halogens is 2. The predicted molar refractivity (Wildman–Crippen MR) is 330 cm³/mol. The minimum atomic E-state index is -4.28. The summed E-state index contributed by atoms with van der Waals surface area (Å²) in [5.41, 5.74) is 16.4. The van der Waals surface area contributed by atoms with Gasteiger partial charge in [0.05, 0.1) is 9.37 Å². The fraction of sp³-hybridized carbons (Fsp3) is 0.368. The Labute approximate surface area is 501 Å². The summed E-state index contributed by atoms with van der Waals surface area (Å²) in [5.74, 6) is 2.43. The van der Waals surface area contributed by atoms with Crippen LogP contribution < -0.4 is 21.3 Å². The number of benzene rings is 2. The SMILES string of the molecule is C.CC.CC(C)(C)OC(=O)N(C(=O)OC(C)(C)C)c1ncccc1S(=O)(=O)Cl.CC(C)(C)OC(=O)N(C(=O)OC(C)(C)C)c1ncccc1SCc1ccccc1.Nc1ncccc1Br.Nc1ncccc1SCc1ccccc1.[2H]O. The van der Waals surface area contributed by atoms with Crippen LogP contribution in [0, 0.1) is 0 Å². The van der Waals surface area contributed by atoms with Crippen molar-refractivity contribution in [3.05, 3.63) is 150 Å². The number of anilines is 4. The summed E-state index contributed by atoms with van der Waals surface area (Å²) in [6, 6.07) is 33.8. The van der Waals surface area contributed by atoms with Crippen LogP contribution in [0.4, 0.5) is 42.4 Å². The minimum absolute atomic E-state index is 0. The minimum Gasteiger partial charge on any atom is -0.443 e. The number of nitrogens with two attached hydrogens (primary N) is 2. The van der Waals surface area contributed by atoms with Gasteiger partial charge in [-0.25, -0.2) is 47.5 Å². The van der Waals surface area contributed by atoms with Crippen LogP contribution in [0.1, 0.15) is 117 Å². The van der Waals surface area contributed by atoms with Crippen molar-refractivity contribution in [2.24, 2.45) is 0 Å². The first-order valence-corrected chi connectivity index (χ1v) is 29.6. The van der Waals surface area contributed by atoms with Crippen molar-refractivity contribution in [1.29, 1.82) is 0 Å². The van der Waals surface area contributed by atoms with Gasteiger partial charge in [-0.1, -0.05) is 81.9 Å². The first-order valence-electron chi connectivity index (χ1n) is 25.0. The number of carbonyl (C=O) groups excluding carboxylic acids is 4. The summed E-state index contributed by atoms with van der Waals surface area (Å²) < 4.78 is 50.4. The number of hydrogen-bond acceptors (Lipinski definition) is 18. The smallest absolute Gasteiger partial charge is 0.425 e. The largest absolute Gasteiger partial charge is 0.443 e. The van der Waals surface area contributed by atoms with E-state index in [4.69, 9.17) is 48.0 Å². The van der Waals surface area contributed by atoms with Gasteiger partial charge in [-0.2, -0.15) is 9.80 Å². The third-order valence-electron chi connectivity index (χ3n) is 8.55. The van der Waals surface area contributed by atoms with E-state index in [1.165, 1.54) is 35.8 Å². The maximum atomic E-state index is 12.9.